The second-order valence-corrected chi connectivity index (χ2v) is 3.34. The maximum atomic E-state index is 11.3. The molecule has 1 nitrogen and oxygen atoms in total. The van der Waals surface area contributed by atoms with Gasteiger partial charge in [0.2, 0.25) is 0 Å². The van der Waals surface area contributed by atoms with Gasteiger partial charge in [0.05, 0.1) is 0 Å². The largest absolute Gasteiger partial charge is 0.295 e. The van der Waals surface area contributed by atoms with E-state index in [1.807, 2.05) is 0 Å². The third kappa shape index (κ3) is 2.57. The van der Waals surface area contributed by atoms with E-state index in [-0.39, 0.29) is 0 Å². The van der Waals surface area contributed by atoms with Crippen molar-refractivity contribution >= 4 is 0 Å². The molecule has 0 amide bonds. The fourth-order valence-corrected chi connectivity index (χ4v) is 1.59. The summed E-state index contributed by atoms with van der Waals surface area (Å²) in [5.41, 5.74) is 1.22. The molecule has 1 rings (SSSR count). The fourth-order valence-electron chi connectivity index (χ4n) is 1.59. The van der Waals surface area contributed by atoms with Crippen LogP contribution in [0.2, 0.25) is 0 Å². The molecular weight excluding hydrogens is 136 g/mol. The van der Waals surface area contributed by atoms with Crippen LogP contribution in [0.15, 0.2) is 11.3 Å². The Morgan fingerprint density at radius 1 is 1.27 bits per heavy atom. The first-order valence-corrected chi connectivity index (χ1v) is 4.72. The van der Waals surface area contributed by atoms with Crippen LogP contribution < -0.4 is 0 Å². The van der Waals surface area contributed by atoms with Gasteiger partial charge in [-0.1, -0.05) is 13.3 Å². The third-order valence-electron chi connectivity index (χ3n) is 2.36. The minimum absolute atomic E-state index is 0.449. The Morgan fingerprint density at radius 2 is 2.00 bits per heavy atom. The van der Waals surface area contributed by atoms with Crippen LogP contribution in [0.25, 0.3) is 0 Å². The van der Waals surface area contributed by atoms with E-state index in [0.29, 0.717) is 5.76 Å². The lowest BCUT2D eigenvalue weighted by atomic mass is 9.94. The van der Waals surface area contributed by atoms with E-state index in [9.17, 15) is 5.11 Å². The molecule has 1 aliphatic carbocycles. The van der Waals surface area contributed by atoms with Crippen LogP contribution in [-0.2, 0) is 5.11 Å². The number of rotatable bonds is 3. The summed E-state index contributed by atoms with van der Waals surface area (Å²) in [5.74, 6) is 0.449. The molecule has 0 bridgehead atoms. The summed E-state index contributed by atoms with van der Waals surface area (Å²) in [5, 5.41) is 11.3. The van der Waals surface area contributed by atoms with Gasteiger partial charge in [0.15, 0.2) is 5.76 Å². The molecule has 1 aliphatic rings. The van der Waals surface area contributed by atoms with Gasteiger partial charge >= 0.3 is 0 Å². The Hall–Kier alpha value is -0.460. The Labute approximate surface area is 69.1 Å². The van der Waals surface area contributed by atoms with Gasteiger partial charge in [-0.15, -0.1) is 0 Å². The highest BCUT2D eigenvalue weighted by atomic mass is 16.3. The smallest absolute Gasteiger partial charge is 0.154 e. The highest BCUT2D eigenvalue weighted by molar-refractivity contribution is 5.09. The summed E-state index contributed by atoms with van der Waals surface area (Å²) in [6.45, 7) is 2.17. The standard InChI is InChI=1S/C10H17O/c1-2-3-6-9-7-4-5-8-10(9)11/h2-8H2,1H3. The molecule has 63 valence electrons. The van der Waals surface area contributed by atoms with Gasteiger partial charge in [-0.3, -0.25) is 5.11 Å². The zero-order valence-electron chi connectivity index (χ0n) is 7.36. The van der Waals surface area contributed by atoms with E-state index < -0.39 is 0 Å². The number of hydrogen-bond donors (Lipinski definition) is 0. The van der Waals surface area contributed by atoms with Crippen LogP contribution in [-0.4, -0.2) is 0 Å². The monoisotopic (exact) mass is 153 g/mol. The molecule has 0 fully saturated rings. The highest BCUT2D eigenvalue weighted by Gasteiger charge is 2.12. The van der Waals surface area contributed by atoms with Gasteiger partial charge in [0.25, 0.3) is 0 Å². The van der Waals surface area contributed by atoms with Gasteiger partial charge in [-0.2, -0.15) is 0 Å². The molecule has 1 radical (unpaired) electrons. The molecule has 0 aromatic carbocycles. The van der Waals surface area contributed by atoms with Crippen molar-refractivity contribution in [2.24, 2.45) is 0 Å². The first-order valence-electron chi connectivity index (χ1n) is 4.72. The van der Waals surface area contributed by atoms with Crippen molar-refractivity contribution in [3.8, 4) is 0 Å². The molecule has 0 aromatic rings. The van der Waals surface area contributed by atoms with E-state index >= 15 is 0 Å². The van der Waals surface area contributed by atoms with E-state index in [4.69, 9.17) is 0 Å². The Balaban J connectivity index is 2.39. The molecule has 1 heteroatoms. The lowest BCUT2D eigenvalue weighted by Gasteiger charge is -2.13. The van der Waals surface area contributed by atoms with Gasteiger partial charge in [0, 0.05) is 6.42 Å². The summed E-state index contributed by atoms with van der Waals surface area (Å²) in [6.07, 6.45) is 7.73. The lowest BCUT2D eigenvalue weighted by Crippen LogP contribution is -1.98. The van der Waals surface area contributed by atoms with Crippen molar-refractivity contribution in [1.82, 2.24) is 0 Å². The van der Waals surface area contributed by atoms with E-state index in [1.54, 1.807) is 0 Å². The van der Waals surface area contributed by atoms with Crippen molar-refractivity contribution in [2.75, 3.05) is 0 Å². The molecule has 0 aromatic heterocycles. The van der Waals surface area contributed by atoms with Crippen molar-refractivity contribution < 1.29 is 5.11 Å². The quantitative estimate of drug-likeness (QED) is 0.592. The molecular formula is C10H17O. The first kappa shape index (κ1) is 8.63. The van der Waals surface area contributed by atoms with Crippen molar-refractivity contribution in [3.05, 3.63) is 11.3 Å². The number of allylic oxidation sites excluding steroid dienone is 2. The van der Waals surface area contributed by atoms with Gasteiger partial charge in [0.1, 0.15) is 0 Å². The lowest BCUT2D eigenvalue weighted by molar-refractivity contribution is 0.259. The molecule has 0 unspecified atom stereocenters. The van der Waals surface area contributed by atoms with Crippen LogP contribution in [0.4, 0.5) is 0 Å². The topological polar surface area (TPSA) is 19.9 Å². The van der Waals surface area contributed by atoms with E-state index in [1.165, 1.54) is 24.8 Å². The predicted molar refractivity (Wildman–Crippen MR) is 45.7 cm³/mol. The molecule has 0 saturated carbocycles. The number of hydrogen-bond acceptors (Lipinski definition) is 0. The molecule has 11 heavy (non-hydrogen) atoms. The average Bonchev–Trinajstić information content (AvgIpc) is 2.03. The molecule has 0 aliphatic heterocycles. The highest BCUT2D eigenvalue weighted by Crippen LogP contribution is 2.26. The summed E-state index contributed by atoms with van der Waals surface area (Å²) >= 11 is 0. The van der Waals surface area contributed by atoms with Crippen molar-refractivity contribution in [1.29, 1.82) is 0 Å². The average molecular weight is 153 g/mol. The molecule has 0 heterocycles. The maximum Gasteiger partial charge on any atom is 0.154 e. The molecule has 0 spiro atoms. The Kier molecular flexibility index (Phi) is 3.47. The van der Waals surface area contributed by atoms with E-state index in [0.717, 1.165) is 25.7 Å². The predicted octanol–water partition coefficient (Wildman–Crippen LogP) is 3.44. The SMILES string of the molecule is CCCCC1=C([O])CCCC1. The van der Waals surface area contributed by atoms with Gasteiger partial charge in [-0.05, 0) is 37.7 Å². The molecule has 0 saturated heterocycles. The van der Waals surface area contributed by atoms with Crippen LogP contribution >= 0.6 is 0 Å². The minimum Gasteiger partial charge on any atom is -0.295 e. The molecule has 0 atom stereocenters. The maximum absolute atomic E-state index is 11.3. The van der Waals surface area contributed by atoms with Crippen LogP contribution in [0.5, 0.6) is 0 Å². The zero-order valence-corrected chi connectivity index (χ0v) is 7.36. The number of unbranched alkanes of at least 4 members (excludes halogenated alkanes) is 1. The van der Waals surface area contributed by atoms with Crippen LogP contribution in [0.1, 0.15) is 51.9 Å². The summed E-state index contributed by atoms with van der Waals surface area (Å²) < 4.78 is 0. The zero-order chi connectivity index (χ0) is 8.10. The second kappa shape index (κ2) is 4.42. The first-order chi connectivity index (χ1) is 5.34. The Morgan fingerprint density at radius 3 is 2.64 bits per heavy atom. The fraction of sp³-hybridized carbons (Fsp3) is 0.800. The van der Waals surface area contributed by atoms with Gasteiger partial charge in [-0.25, -0.2) is 0 Å². The normalized spacial score (nSPS) is 19.0. The summed E-state index contributed by atoms with van der Waals surface area (Å²) in [7, 11) is 0. The van der Waals surface area contributed by atoms with Crippen molar-refractivity contribution in [2.45, 2.75) is 51.9 Å². The van der Waals surface area contributed by atoms with E-state index in [2.05, 4.69) is 6.92 Å². The van der Waals surface area contributed by atoms with Crippen molar-refractivity contribution in [3.63, 3.8) is 0 Å². The van der Waals surface area contributed by atoms with Gasteiger partial charge < -0.3 is 0 Å². The second-order valence-electron chi connectivity index (χ2n) is 3.34. The van der Waals surface area contributed by atoms with Crippen LogP contribution in [0.3, 0.4) is 0 Å². The van der Waals surface area contributed by atoms with Crippen LogP contribution in [0, 0.1) is 0 Å². The molecule has 0 N–H and O–H groups in total. The summed E-state index contributed by atoms with van der Waals surface area (Å²) in [6, 6.07) is 0. The Bertz CT molecular complexity index is 147. The third-order valence-corrected chi connectivity index (χ3v) is 2.36. The minimum atomic E-state index is 0.449. The summed E-state index contributed by atoms with van der Waals surface area (Å²) in [4.78, 5) is 0.